The Morgan fingerprint density at radius 2 is 2.04 bits per heavy atom. The molecule has 0 aliphatic carbocycles. The molecule has 3 rings (SSSR count). The van der Waals surface area contributed by atoms with Crippen LogP contribution in [-0.4, -0.2) is 31.1 Å². The Balaban J connectivity index is 1.46. The molecule has 1 aliphatic heterocycles. The molecular formula is C18H16ClFN2O3S. The van der Waals surface area contributed by atoms with E-state index in [4.69, 9.17) is 21.1 Å². The van der Waals surface area contributed by atoms with E-state index in [0.29, 0.717) is 47.5 Å². The topological polar surface area (TPSA) is 59.9 Å². The molecule has 0 fully saturated rings. The highest BCUT2D eigenvalue weighted by Gasteiger charge is 2.16. The molecule has 2 aromatic carbocycles. The van der Waals surface area contributed by atoms with Gasteiger partial charge in [0, 0.05) is 17.1 Å². The van der Waals surface area contributed by atoms with Crippen LogP contribution in [0.25, 0.3) is 0 Å². The first kappa shape index (κ1) is 18.5. The quantitative estimate of drug-likeness (QED) is 0.459. The number of rotatable bonds is 6. The molecule has 0 bridgehead atoms. The number of carbonyl (C=O) groups excluding carboxylic acids is 1. The molecular weight excluding hydrogens is 379 g/mol. The van der Waals surface area contributed by atoms with Crippen molar-refractivity contribution in [2.45, 2.75) is 11.3 Å². The van der Waals surface area contributed by atoms with Gasteiger partial charge in [0.2, 0.25) is 5.91 Å². The summed E-state index contributed by atoms with van der Waals surface area (Å²) in [6, 6.07) is 9.59. The van der Waals surface area contributed by atoms with Crippen LogP contribution in [0.1, 0.15) is 12.0 Å². The van der Waals surface area contributed by atoms with Crippen LogP contribution in [0.2, 0.25) is 5.02 Å². The smallest absolute Gasteiger partial charge is 0.240 e. The molecule has 0 radical (unpaired) electrons. The van der Waals surface area contributed by atoms with Gasteiger partial charge in [-0.2, -0.15) is 5.10 Å². The van der Waals surface area contributed by atoms with E-state index in [1.807, 2.05) is 0 Å². The monoisotopic (exact) mass is 394 g/mol. The van der Waals surface area contributed by atoms with Gasteiger partial charge in [0.1, 0.15) is 19.0 Å². The lowest BCUT2D eigenvalue weighted by Crippen LogP contribution is -2.18. The maximum absolute atomic E-state index is 12.8. The van der Waals surface area contributed by atoms with Gasteiger partial charge >= 0.3 is 0 Å². The number of hydrogen-bond donors (Lipinski definition) is 1. The standard InChI is InChI=1S/C18H16ClFN2O3S/c19-15-9-12(10-16-18(15)25-7-6-24-16)11-21-22-17(23)5-8-26-14-3-1-13(20)2-4-14/h1-4,9-11H,5-8H2,(H,22,23)/b21-11-. The van der Waals surface area contributed by atoms with Crippen LogP contribution < -0.4 is 14.9 Å². The van der Waals surface area contributed by atoms with Crippen molar-refractivity contribution in [2.24, 2.45) is 5.10 Å². The van der Waals surface area contributed by atoms with Gasteiger partial charge in [-0.05, 0) is 42.0 Å². The number of ether oxygens (including phenoxy) is 2. The van der Waals surface area contributed by atoms with E-state index in [-0.39, 0.29) is 11.7 Å². The van der Waals surface area contributed by atoms with Gasteiger partial charge in [-0.15, -0.1) is 11.8 Å². The van der Waals surface area contributed by atoms with Crippen molar-refractivity contribution >= 4 is 35.5 Å². The zero-order chi connectivity index (χ0) is 18.4. The zero-order valence-electron chi connectivity index (χ0n) is 13.7. The maximum Gasteiger partial charge on any atom is 0.240 e. The van der Waals surface area contributed by atoms with Crippen LogP contribution >= 0.6 is 23.4 Å². The predicted octanol–water partition coefficient (Wildman–Crippen LogP) is 3.88. The third kappa shape index (κ3) is 5.12. The normalized spacial score (nSPS) is 13.0. The Labute approximate surface area is 159 Å². The number of hydrogen-bond acceptors (Lipinski definition) is 5. The Morgan fingerprint density at radius 3 is 2.85 bits per heavy atom. The molecule has 1 aliphatic rings. The lowest BCUT2D eigenvalue weighted by molar-refractivity contribution is -0.120. The lowest BCUT2D eigenvalue weighted by Gasteiger charge is -2.19. The number of thioether (sulfide) groups is 1. The van der Waals surface area contributed by atoms with Crippen LogP contribution in [0.15, 0.2) is 46.4 Å². The average Bonchev–Trinajstić information content (AvgIpc) is 2.63. The Kier molecular flexibility index (Phi) is 6.35. The molecule has 8 heteroatoms. The maximum atomic E-state index is 12.8. The zero-order valence-corrected chi connectivity index (χ0v) is 15.3. The van der Waals surface area contributed by atoms with E-state index in [0.717, 1.165) is 4.90 Å². The van der Waals surface area contributed by atoms with E-state index >= 15 is 0 Å². The SMILES string of the molecule is O=C(CCSc1ccc(F)cc1)N/N=C\c1cc(Cl)c2c(c1)OCCO2. The second-order valence-electron chi connectivity index (χ2n) is 5.37. The minimum atomic E-state index is -0.277. The van der Waals surface area contributed by atoms with Crippen LogP contribution in [0.5, 0.6) is 11.5 Å². The first-order valence-electron chi connectivity index (χ1n) is 7.91. The van der Waals surface area contributed by atoms with E-state index in [1.54, 1.807) is 24.3 Å². The molecule has 136 valence electrons. The molecule has 5 nitrogen and oxygen atoms in total. The molecule has 2 aromatic rings. The lowest BCUT2D eigenvalue weighted by atomic mass is 10.2. The van der Waals surface area contributed by atoms with Gasteiger partial charge in [0.15, 0.2) is 11.5 Å². The largest absolute Gasteiger partial charge is 0.486 e. The summed E-state index contributed by atoms with van der Waals surface area (Å²) >= 11 is 7.62. The number of halogens is 2. The first-order chi connectivity index (χ1) is 12.6. The molecule has 1 N–H and O–H groups in total. The van der Waals surface area contributed by atoms with Crippen LogP contribution in [-0.2, 0) is 4.79 Å². The number of fused-ring (bicyclic) bond motifs is 1. The fourth-order valence-electron chi connectivity index (χ4n) is 2.23. The number of nitrogens with zero attached hydrogens (tertiary/aromatic N) is 1. The minimum absolute atomic E-state index is 0.209. The van der Waals surface area contributed by atoms with Crippen molar-refractivity contribution < 1.29 is 18.7 Å². The summed E-state index contributed by atoms with van der Waals surface area (Å²) in [6.07, 6.45) is 1.79. The molecule has 0 atom stereocenters. The highest BCUT2D eigenvalue weighted by Crippen LogP contribution is 2.37. The Hall–Kier alpha value is -2.25. The summed E-state index contributed by atoms with van der Waals surface area (Å²) in [4.78, 5) is 12.7. The van der Waals surface area contributed by atoms with Gasteiger partial charge < -0.3 is 9.47 Å². The van der Waals surface area contributed by atoms with Gasteiger partial charge in [-0.1, -0.05) is 11.6 Å². The first-order valence-corrected chi connectivity index (χ1v) is 9.27. The summed E-state index contributed by atoms with van der Waals surface area (Å²) in [5.41, 5.74) is 3.16. The number of benzene rings is 2. The minimum Gasteiger partial charge on any atom is -0.486 e. The molecule has 0 spiro atoms. The van der Waals surface area contributed by atoms with Crippen LogP contribution in [0, 0.1) is 5.82 Å². The van der Waals surface area contributed by atoms with Crippen molar-refractivity contribution in [3.8, 4) is 11.5 Å². The summed E-state index contributed by atoms with van der Waals surface area (Å²) < 4.78 is 23.8. The molecule has 0 aromatic heterocycles. The second kappa shape index (κ2) is 8.91. The third-order valence-corrected chi connectivity index (χ3v) is 4.73. The fourth-order valence-corrected chi connectivity index (χ4v) is 3.36. The van der Waals surface area contributed by atoms with Crippen molar-refractivity contribution in [2.75, 3.05) is 19.0 Å². The molecule has 0 unspecified atom stereocenters. The van der Waals surface area contributed by atoms with Crippen LogP contribution in [0.4, 0.5) is 4.39 Å². The van der Waals surface area contributed by atoms with Gasteiger partial charge in [-0.3, -0.25) is 4.79 Å². The van der Waals surface area contributed by atoms with Gasteiger partial charge in [0.05, 0.1) is 11.2 Å². The van der Waals surface area contributed by atoms with Crippen molar-refractivity contribution in [1.82, 2.24) is 5.43 Å². The highest BCUT2D eigenvalue weighted by molar-refractivity contribution is 7.99. The number of amides is 1. The fraction of sp³-hybridized carbons (Fsp3) is 0.222. The number of nitrogens with one attached hydrogen (secondary N) is 1. The highest BCUT2D eigenvalue weighted by atomic mass is 35.5. The van der Waals surface area contributed by atoms with E-state index in [1.165, 1.54) is 30.1 Å². The third-order valence-electron chi connectivity index (χ3n) is 3.43. The van der Waals surface area contributed by atoms with Gasteiger partial charge in [-0.25, -0.2) is 9.82 Å². The van der Waals surface area contributed by atoms with E-state index in [9.17, 15) is 9.18 Å². The molecule has 1 heterocycles. The number of hydrazone groups is 1. The van der Waals surface area contributed by atoms with E-state index < -0.39 is 0 Å². The van der Waals surface area contributed by atoms with Crippen molar-refractivity contribution in [1.29, 1.82) is 0 Å². The Morgan fingerprint density at radius 1 is 1.27 bits per heavy atom. The Bertz CT molecular complexity index is 815. The predicted molar refractivity (Wildman–Crippen MR) is 99.9 cm³/mol. The molecule has 26 heavy (non-hydrogen) atoms. The van der Waals surface area contributed by atoms with Gasteiger partial charge in [0.25, 0.3) is 0 Å². The second-order valence-corrected chi connectivity index (χ2v) is 6.95. The number of carbonyl (C=O) groups is 1. The summed E-state index contributed by atoms with van der Waals surface area (Å²) in [5, 5.41) is 4.37. The molecule has 1 amide bonds. The van der Waals surface area contributed by atoms with Crippen molar-refractivity contribution in [3.63, 3.8) is 0 Å². The van der Waals surface area contributed by atoms with Crippen LogP contribution in [0.3, 0.4) is 0 Å². The van der Waals surface area contributed by atoms with E-state index in [2.05, 4.69) is 10.5 Å². The molecule has 0 saturated carbocycles. The molecule has 0 saturated heterocycles. The summed E-state index contributed by atoms with van der Waals surface area (Å²) in [6.45, 7) is 0.929. The summed E-state index contributed by atoms with van der Waals surface area (Å²) in [5.74, 6) is 1.17. The average molecular weight is 395 g/mol. The summed E-state index contributed by atoms with van der Waals surface area (Å²) in [7, 11) is 0. The van der Waals surface area contributed by atoms with Crippen molar-refractivity contribution in [3.05, 3.63) is 52.8 Å².